The Morgan fingerprint density at radius 1 is 1.47 bits per heavy atom. The average molecular weight is 231 g/mol. The lowest BCUT2D eigenvalue weighted by Gasteiger charge is -2.17. The number of esters is 1. The summed E-state index contributed by atoms with van der Waals surface area (Å²) >= 11 is 0. The molecule has 0 fully saturated rings. The largest absolute Gasteiger partial charge is 0.469 e. The first-order valence-electron chi connectivity index (χ1n) is 5.85. The Bertz CT molecular complexity index is 438. The highest BCUT2D eigenvalue weighted by Gasteiger charge is 2.07. The number of rotatable bonds is 3. The quantitative estimate of drug-likeness (QED) is 0.808. The number of methoxy groups -OCH3 is 1. The summed E-state index contributed by atoms with van der Waals surface area (Å²) in [7, 11) is 1.40. The molecule has 1 heterocycles. The normalized spacial score (nSPS) is 14.6. The van der Waals surface area contributed by atoms with Crippen molar-refractivity contribution < 1.29 is 9.53 Å². The van der Waals surface area contributed by atoms with Crippen LogP contribution in [-0.2, 0) is 22.5 Å². The highest BCUT2D eigenvalue weighted by Crippen LogP contribution is 2.16. The number of fused-ring (bicyclic) bond motifs is 1. The summed E-state index contributed by atoms with van der Waals surface area (Å²) in [4.78, 5) is 11.0. The Morgan fingerprint density at radius 2 is 2.35 bits per heavy atom. The molecule has 0 aliphatic carbocycles. The summed E-state index contributed by atoms with van der Waals surface area (Å²) in [6.45, 7) is 2.00. The van der Waals surface area contributed by atoms with Crippen molar-refractivity contribution >= 4 is 12.0 Å². The third-order valence-electron chi connectivity index (χ3n) is 2.94. The zero-order valence-electron chi connectivity index (χ0n) is 10.0. The van der Waals surface area contributed by atoms with Crippen LogP contribution in [0, 0.1) is 0 Å². The summed E-state index contributed by atoms with van der Waals surface area (Å²) in [5.74, 6) is -0.208. The molecule has 0 unspecified atom stereocenters. The summed E-state index contributed by atoms with van der Waals surface area (Å²) in [5, 5.41) is 3.35. The van der Waals surface area contributed by atoms with Crippen molar-refractivity contribution in [3.63, 3.8) is 0 Å². The molecule has 0 saturated heterocycles. The molecule has 0 saturated carbocycles. The molecule has 0 aromatic heterocycles. The van der Waals surface area contributed by atoms with Crippen molar-refractivity contribution in [3.05, 3.63) is 41.0 Å². The molecule has 1 aliphatic heterocycles. The monoisotopic (exact) mass is 231 g/mol. The first-order chi connectivity index (χ1) is 8.29. The third kappa shape index (κ3) is 3.17. The minimum absolute atomic E-state index is 0.208. The van der Waals surface area contributed by atoms with E-state index in [2.05, 4.69) is 28.3 Å². The van der Waals surface area contributed by atoms with E-state index in [0.29, 0.717) is 6.42 Å². The van der Waals surface area contributed by atoms with Gasteiger partial charge in [0.1, 0.15) is 0 Å². The number of carbonyl (C=O) groups excluding carboxylic acids is 1. The van der Waals surface area contributed by atoms with Crippen LogP contribution in [0.2, 0.25) is 0 Å². The second kappa shape index (κ2) is 5.64. The fraction of sp³-hybridized carbons (Fsp3) is 0.357. The highest BCUT2D eigenvalue weighted by molar-refractivity contribution is 5.72. The first kappa shape index (κ1) is 11.9. The lowest BCUT2D eigenvalue weighted by atomic mass is 9.98. The molecule has 17 heavy (non-hydrogen) atoms. The number of carbonyl (C=O) groups is 1. The number of hydrogen-bond acceptors (Lipinski definition) is 3. The molecule has 0 spiro atoms. The van der Waals surface area contributed by atoms with Crippen LogP contribution in [0.15, 0.2) is 24.3 Å². The molecule has 2 rings (SSSR count). The second-order valence-corrected chi connectivity index (χ2v) is 4.14. The fourth-order valence-corrected chi connectivity index (χ4v) is 1.98. The van der Waals surface area contributed by atoms with Gasteiger partial charge in [-0.3, -0.25) is 4.79 Å². The van der Waals surface area contributed by atoms with Crippen LogP contribution in [0.4, 0.5) is 0 Å². The summed E-state index contributed by atoms with van der Waals surface area (Å²) in [5.41, 5.74) is 3.92. The maximum atomic E-state index is 11.0. The zero-order valence-corrected chi connectivity index (χ0v) is 10.0. The van der Waals surface area contributed by atoms with Gasteiger partial charge in [0.25, 0.3) is 0 Å². The molecule has 1 aromatic rings. The van der Waals surface area contributed by atoms with Gasteiger partial charge in [-0.25, -0.2) is 0 Å². The molecule has 1 N–H and O–H groups in total. The number of nitrogens with one attached hydrogen (secondary N) is 1. The van der Waals surface area contributed by atoms with Gasteiger partial charge in [-0.15, -0.1) is 0 Å². The molecule has 0 amide bonds. The van der Waals surface area contributed by atoms with Gasteiger partial charge in [0.05, 0.1) is 13.5 Å². The van der Waals surface area contributed by atoms with E-state index in [0.717, 1.165) is 25.1 Å². The number of hydrogen-bond donors (Lipinski definition) is 1. The summed E-state index contributed by atoms with van der Waals surface area (Å²) in [6.07, 6.45) is 5.23. The number of benzene rings is 1. The molecule has 0 atom stereocenters. The SMILES string of the molecule is COC(=O)CC=Cc1ccc2c(c1)CNCC2. The molecule has 3 heteroatoms. The zero-order chi connectivity index (χ0) is 12.1. The molecular weight excluding hydrogens is 214 g/mol. The van der Waals surface area contributed by atoms with Crippen LogP contribution < -0.4 is 5.32 Å². The van der Waals surface area contributed by atoms with Crippen molar-refractivity contribution in [3.8, 4) is 0 Å². The van der Waals surface area contributed by atoms with Gasteiger partial charge in [-0.05, 0) is 29.7 Å². The predicted molar refractivity (Wildman–Crippen MR) is 67.5 cm³/mol. The fourth-order valence-electron chi connectivity index (χ4n) is 1.98. The van der Waals surface area contributed by atoms with Crippen LogP contribution in [0.5, 0.6) is 0 Å². The van der Waals surface area contributed by atoms with E-state index in [1.54, 1.807) is 0 Å². The minimum Gasteiger partial charge on any atom is -0.469 e. The van der Waals surface area contributed by atoms with Crippen molar-refractivity contribution in [1.82, 2.24) is 5.32 Å². The average Bonchev–Trinajstić information content (AvgIpc) is 2.38. The lowest BCUT2D eigenvalue weighted by Crippen LogP contribution is -2.23. The van der Waals surface area contributed by atoms with Crippen molar-refractivity contribution in [2.24, 2.45) is 0 Å². The van der Waals surface area contributed by atoms with E-state index >= 15 is 0 Å². The second-order valence-electron chi connectivity index (χ2n) is 4.14. The lowest BCUT2D eigenvalue weighted by molar-refractivity contribution is -0.139. The van der Waals surface area contributed by atoms with E-state index in [9.17, 15) is 4.79 Å². The van der Waals surface area contributed by atoms with Gasteiger partial charge in [0.2, 0.25) is 0 Å². The maximum absolute atomic E-state index is 11.0. The molecule has 1 aromatic carbocycles. The van der Waals surface area contributed by atoms with Gasteiger partial charge in [0.15, 0.2) is 0 Å². The van der Waals surface area contributed by atoms with Crippen LogP contribution in [0.1, 0.15) is 23.1 Å². The predicted octanol–water partition coefficient (Wildman–Crippen LogP) is 1.91. The standard InChI is InChI=1S/C14H17NO2/c1-17-14(16)4-2-3-11-5-6-12-7-8-15-10-13(12)9-11/h2-3,5-6,9,15H,4,7-8,10H2,1H3. The molecule has 3 nitrogen and oxygen atoms in total. The van der Waals surface area contributed by atoms with Crippen LogP contribution >= 0.6 is 0 Å². The van der Waals surface area contributed by atoms with Gasteiger partial charge in [0, 0.05) is 6.54 Å². The van der Waals surface area contributed by atoms with E-state index in [4.69, 9.17) is 0 Å². The van der Waals surface area contributed by atoms with Gasteiger partial charge in [-0.2, -0.15) is 0 Å². The Morgan fingerprint density at radius 3 is 3.18 bits per heavy atom. The van der Waals surface area contributed by atoms with Gasteiger partial charge < -0.3 is 10.1 Å². The number of ether oxygens (including phenoxy) is 1. The van der Waals surface area contributed by atoms with Gasteiger partial charge in [-0.1, -0.05) is 30.4 Å². The Balaban J connectivity index is 2.04. The van der Waals surface area contributed by atoms with E-state index in [1.807, 2.05) is 12.2 Å². The Labute approximate surface area is 101 Å². The van der Waals surface area contributed by atoms with E-state index in [1.165, 1.54) is 18.2 Å². The maximum Gasteiger partial charge on any atom is 0.309 e. The molecule has 0 bridgehead atoms. The van der Waals surface area contributed by atoms with E-state index < -0.39 is 0 Å². The third-order valence-corrected chi connectivity index (χ3v) is 2.94. The van der Waals surface area contributed by atoms with Gasteiger partial charge >= 0.3 is 5.97 Å². The molecule has 0 radical (unpaired) electrons. The van der Waals surface area contributed by atoms with E-state index in [-0.39, 0.29) is 5.97 Å². The van der Waals surface area contributed by atoms with Crippen LogP contribution in [0.25, 0.3) is 6.08 Å². The van der Waals surface area contributed by atoms with Crippen LogP contribution in [0.3, 0.4) is 0 Å². The smallest absolute Gasteiger partial charge is 0.309 e. The van der Waals surface area contributed by atoms with Crippen molar-refractivity contribution in [1.29, 1.82) is 0 Å². The summed E-state index contributed by atoms with van der Waals surface area (Å²) in [6, 6.07) is 6.45. The topological polar surface area (TPSA) is 38.3 Å². The van der Waals surface area contributed by atoms with Crippen molar-refractivity contribution in [2.45, 2.75) is 19.4 Å². The molecule has 1 aliphatic rings. The minimum atomic E-state index is -0.208. The Hall–Kier alpha value is -1.61. The molecule has 90 valence electrons. The Kier molecular flexibility index (Phi) is 3.94. The highest BCUT2D eigenvalue weighted by atomic mass is 16.5. The van der Waals surface area contributed by atoms with Crippen LogP contribution in [-0.4, -0.2) is 19.6 Å². The molecular formula is C14H17NO2. The van der Waals surface area contributed by atoms with Crippen molar-refractivity contribution in [2.75, 3.05) is 13.7 Å². The first-order valence-corrected chi connectivity index (χ1v) is 5.85. The summed E-state index contributed by atoms with van der Waals surface area (Å²) < 4.78 is 4.58.